The first kappa shape index (κ1) is 9.90. The van der Waals surface area contributed by atoms with Crippen molar-refractivity contribution in [2.24, 2.45) is 5.73 Å². The van der Waals surface area contributed by atoms with Crippen molar-refractivity contribution < 1.29 is 4.42 Å². The highest BCUT2D eigenvalue weighted by molar-refractivity contribution is 7.15. The molecule has 0 aromatic carbocycles. The molecule has 5 heteroatoms. The zero-order valence-corrected chi connectivity index (χ0v) is 8.75. The summed E-state index contributed by atoms with van der Waals surface area (Å²) in [6.07, 6.45) is 2.28. The fraction of sp³-hybridized carbons (Fsp3) is 0.200. The lowest BCUT2D eigenvalue weighted by atomic mass is 10.3. The van der Waals surface area contributed by atoms with E-state index in [-0.39, 0.29) is 0 Å². The van der Waals surface area contributed by atoms with Gasteiger partial charge in [0.2, 0.25) is 0 Å². The van der Waals surface area contributed by atoms with Crippen molar-refractivity contribution >= 4 is 11.3 Å². The van der Waals surface area contributed by atoms with Crippen molar-refractivity contribution in [3.8, 4) is 16.7 Å². The second-order valence-corrected chi connectivity index (χ2v) is 4.00. The van der Waals surface area contributed by atoms with E-state index < -0.39 is 0 Å². The summed E-state index contributed by atoms with van der Waals surface area (Å²) >= 11 is 1.46. The molecule has 2 aromatic heterocycles. The molecule has 2 aromatic rings. The van der Waals surface area contributed by atoms with Gasteiger partial charge >= 0.3 is 0 Å². The van der Waals surface area contributed by atoms with Crippen LogP contribution in [0.2, 0.25) is 0 Å². The second-order valence-electron chi connectivity index (χ2n) is 2.91. The Labute approximate surface area is 91.0 Å². The molecule has 0 saturated heterocycles. The van der Waals surface area contributed by atoms with Crippen LogP contribution in [-0.2, 0) is 6.42 Å². The molecule has 0 aliphatic rings. The predicted octanol–water partition coefficient (Wildman–Crippen LogP) is 1.78. The quantitative estimate of drug-likeness (QED) is 0.853. The van der Waals surface area contributed by atoms with E-state index in [1.807, 2.05) is 6.07 Å². The molecule has 0 aliphatic heterocycles. The lowest BCUT2D eigenvalue weighted by Gasteiger charge is -1.88. The second kappa shape index (κ2) is 4.26. The SMILES string of the molecule is N#Cc1nc(CCN)sc1-c1ccco1. The van der Waals surface area contributed by atoms with E-state index in [1.165, 1.54) is 11.3 Å². The number of aromatic nitrogens is 1. The monoisotopic (exact) mass is 219 g/mol. The Bertz CT molecular complexity index is 481. The number of hydrogen-bond acceptors (Lipinski definition) is 5. The summed E-state index contributed by atoms with van der Waals surface area (Å²) in [5.41, 5.74) is 5.86. The average Bonchev–Trinajstić information content (AvgIpc) is 2.84. The van der Waals surface area contributed by atoms with Crippen molar-refractivity contribution in [2.45, 2.75) is 6.42 Å². The Morgan fingerprint density at radius 2 is 2.47 bits per heavy atom. The van der Waals surface area contributed by atoms with E-state index in [0.717, 1.165) is 9.88 Å². The molecule has 0 fully saturated rings. The summed E-state index contributed by atoms with van der Waals surface area (Å²) < 4.78 is 5.24. The molecule has 0 spiro atoms. The minimum Gasteiger partial charge on any atom is -0.463 e. The minimum atomic E-state index is 0.415. The first-order valence-electron chi connectivity index (χ1n) is 4.49. The van der Waals surface area contributed by atoms with Gasteiger partial charge in [-0.3, -0.25) is 0 Å². The molecular formula is C10H9N3OS. The number of furan rings is 1. The van der Waals surface area contributed by atoms with Crippen LogP contribution < -0.4 is 5.73 Å². The summed E-state index contributed by atoms with van der Waals surface area (Å²) in [6, 6.07) is 5.67. The van der Waals surface area contributed by atoms with E-state index in [0.29, 0.717) is 24.4 Å². The van der Waals surface area contributed by atoms with Crippen LogP contribution in [0.5, 0.6) is 0 Å². The lowest BCUT2D eigenvalue weighted by molar-refractivity contribution is 0.583. The summed E-state index contributed by atoms with van der Waals surface area (Å²) in [6.45, 7) is 0.538. The Morgan fingerprint density at radius 3 is 3.07 bits per heavy atom. The van der Waals surface area contributed by atoms with Gasteiger partial charge in [-0.05, 0) is 18.7 Å². The molecule has 0 unspecified atom stereocenters. The van der Waals surface area contributed by atoms with Crippen LogP contribution in [0, 0.1) is 11.3 Å². The van der Waals surface area contributed by atoms with Crippen LogP contribution in [0.4, 0.5) is 0 Å². The lowest BCUT2D eigenvalue weighted by Crippen LogP contribution is -2.01. The number of rotatable bonds is 3. The highest BCUT2D eigenvalue weighted by atomic mass is 32.1. The van der Waals surface area contributed by atoms with E-state index in [1.54, 1.807) is 12.3 Å². The van der Waals surface area contributed by atoms with Gasteiger partial charge in [0.25, 0.3) is 0 Å². The standard InChI is InChI=1S/C10H9N3OS/c11-4-3-9-13-7(6-12)10(15-9)8-2-1-5-14-8/h1-2,5H,3-4,11H2. The number of nitrogens with zero attached hydrogens (tertiary/aromatic N) is 2. The fourth-order valence-electron chi connectivity index (χ4n) is 1.25. The summed E-state index contributed by atoms with van der Waals surface area (Å²) in [4.78, 5) is 4.98. The fourth-order valence-corrected chi connectivity index (χ4v) is 2.24. The molecule has 0 aliphatic carbocycles. The third-order valence-electron chi connectivity index (χ3n) is 1.88. The highest BCUT2D eigenvalue weighted by Crippen LogP contribution is 2.30. The van der Waals surface area contributed by atoms with Crippen LogP contribution in [0.3, 0.4) is 0 Å². The maximum Gasteiger partial charge on any atom is 0.162 e. The van der Waals surface area contributed by atoms with E-state index in [2.05, 4.69) is 11.1 Å². The minimum absolute atomic E-state index is 0.415. The zero-order chi connectivity index (χ0) is 10.7. The summed E-state index contributed by atoms with van der Waals surface area (Å²) in [5.74, 6) is 0.687. The maximum atomic E-state index is 8.92. The molecule has 0 saturated carbocycles. The van der Waals surface area contributed by atoms with Gasteiger partial charge in [-0.15, -0.1) is 11.3 Å². The predicted molar refractivity (Wildman–Crippen MR) is 57.3 cm³/mol. The molecule has 0 radical (unpaired) electrons. The highest BCUT2D eigenvalue weighted by Gasteiger charge is 2.14. The van der Waals surface area contributed by atoms with Gasteiger partial charge in [0.1, 0.15) is 16.7 Å². The van der Waals surface area contributed by atoms with E-state index >= 15 is 0 Å². The molecule has 2 N–H and O–H groups in total. The van der Waals surface area contributed by atoms with Gasteiger partial charge in [0.05, 0.1) is 11.3 Å². The Morgan fingerprint density at radius 1 is 1.60 bits per heavy atom. The van der Waals surface area contributed by atoms with Crippen LogP contribution in [0.1, 0.15) is 10.7 Å². The third kappa shape index (κ3) is 1.91. The topological polar surface area (TPSA) is 75.8 Å². The molecular weight excluding hydrogens is 210 g/mol. The molecule has 0 bridgehead atoms. The third-order valence-corrected chi connectivity index (χ3v) is 3.01. The van der Waals surface area contributed by atoms with Crippen LogP contribution in [-0.4, -0.2) is 11.5 Å². The van der Waals surface area contributed by atoms with Crippen molar-refractivity contribution in [3.05, 3.63) is 29.1 Å². The van der Waals surface area contributed by atoms with E-state index in [9.17, 15) is 0 Å². The Balaban J connectivity index is 2.43. The smallest absolute Gasteiger partial charge is 0.162 e. The number of thiazole rings is 1. The van der Waals surface area contributed by atoms with Crippen LogP contribution >= 0.6 is 11.3 Å². The summed E-state index contributed by atoms with van der Waals surface area (Å²) in [7, 11) is 0. The maximum absolute atomic E-state index is 8.92. The normalized spacial score (nSPS) is 10.1. The van der Waals surface area contributed by atoms with Gasteiger partial charge in [-0.1, -0.05) is 0 Å². The van der Waals surface area contributed by atoms with Gasteiger partial charge < -0.3 is 10.2 Å². The number of nitriles is 1. The molecule has 0 atom stereocenters. The van der Waals surface area contributed by atoms with Crippen molar-refractivity contribution in [1.82, 2.24) is 4.98 Å². The Hall–Kier alpha value is -1.64. The summed E-state index contributed by atoms with van der Waals surface area (Å²) in [5, 5.41) is 9.80. The van der Waals surface area contributed by atoms with Crippen molar-refractivity contribution in [1.29, 1.82) is 5.26 Å². The number of nitrogens with two attached hydrogens (primary N) is 1. The van der Waals surface area contributed by atoms with Crippen molar-refractivity contribution in [3.63, 3.8) is 0 Å². The van der Waals surface area contributed by atoms with Crippen LogP contribution in [0.25, 0.3) is 10.6 Å². The molecule has 76 valence electrons. The first-order valence-corrected chi connectivity index (χ1v) is 5.30. The molecule has 2 heterocycles. The van der Waals surface area contributed by atoms with Gasteiger partial charge in [-0.25, -0.2) is 4.98 Å². The van der Waals surface area contributed by atoms with Gasteiger partial charge in [0, 0.05) is 6.42 Å². The molecule has 15 heavy (non-hydrogen) atoms. The average molecular weight is 219 g/mol. The van der Waals surface area contributed by atoms with E-state index in [4.69, 9.17) is 15.4 Å². The molecule has 4 nitrogen and oxygen atoms in total. The first-order chi connectivity index (χ1) is 7.35. The molecule has 2 rings (SSSR count). The van der Waals surface area contributed by atoms with Gasteiger partial charge in [-0.2, -0.15) is 5.26 Å². The zero-order valence-electron chi connectivity index (χ0n) is 7.93. The largest absolute Gasteiger partial charge is 0.463 e. The van der Waals surface area contributed by atoms with Gasteiger partial charge in [0.15, 0.2) is 5.69 Å². The Kier molecular flexibility index (Phi) is 2.81. The molecule has 0 amide bonds. The number of hydrogen-bond donors (Lipinski definition) is 1. The van der Waals surface area contributed by atoms with Crippen LogP contribution in [0.15, 0.2) is 22.8 Å². The van der Waals surface area contributed by atoms with Crippen molar-refractivity contribution in [2.75, 3.05) is 6.54 Å².